The maximum Gasteiger partial charge on any atom is 0.264 e. The van der Waals surface area contributed by atoms with Crippen molar-refractivity contribution in [1.82, 2.24) is 5.32 Å². The number of sulfonamides is 1. The van der Waals surface area contributed by atoms with Crippen LogP contribution in [0, 0.1) is 6.92 Å². The number of carbonyl (C=O) groups is 2. The molecule has 3 aromatic carbocycles. The zero-order valence-electron chi connectivity index (χ0n) is 19.5. The van der Waals surface area contributed by atoms with E-state index in [0.717, 1.165) is 16.3 Å². The molecule has 7 nitrogen and oxygen atoms in total. The Labute approximate surface area is 200 Å². The molecule has 0 radical (unpaired) electrons. The van der Waals surface area contributed by atoms with Gasteiger partial charge in [0.1, 0.15) is 6.54 Å². The van der Waals surface area contributed by atoms with Gasteiger partial charge in [-0.25, -0.2) is 8.42 Å². The fraction of sp³-hybridized carbons (Fsp3) is 0.231. The zero-order chi connectivity index (χ0) is 24.7. The van der Waals surface area contributed by atoms with E-state index < -0.39 is 22.5 Å². The molecule has 178 valence electrons. The first-order chi connectivity index (χ1) is 16.2. The zero-order valence-corrected chi connectivity index (χ0v) is 20.3. The number of anilines is 2. The van der Waals surface area contributed by atoms with E-state index in [-0.39, 0.29) is 16.8 Å². The first-order valence-corrected chi connectivity index (χ1v) is 12.5. The normalized spacial score (nSPS) is 12.0. The van der Waals surface area contributed by atoms with E-state index in [1.807, 2.05) is 20.8 Å². The van der Waals surface area contributed by atoms with Crippen molar-refractivity contribution in [2.75, 3.05) is 16.2 Å². The summed E-state index contributed by atoms with van der Waals surface area (Å²) >= 11 is 0. The van der Waals surface area contributed by atoms with Gasteiger partial charge in [0, 0.05) is 6.04 Å². The maximum absolute atomic E-state index is 13.4. The van der Waals surface area contributed by atoms with Gasteiger partial charge in [-0.1, -0.05) is 55.0 Å². The number of benzene rings is 3. The van der Waals surface area contributed by atoms with Gasteiger partial charge in [0.05, 0.1) is 21.8 Å². The summed E-state index contributed by atoms with van der Waals surface area (Å²) < 4.78 is 28.0. The van der Waals surface area contributed by atoms with Gasteiger partial charge in [-0.2, -0.15) is 0 Å². The van der Waals surface area contributed by atoms with E-state index in [9.17, 15) is 18.0 Å². The molecule has 3 aromatic rings. The minimum absolute atomic E-state index is 0.0236. The summed E-state index contributed by atoms with van der Waals surface area (Å²) in [5.74, 6) is -0.874. The molecule has 0 aliphatic heterocycles. The van der Waals surface area contributed by atoms with Crippen molar-refractivity contribution in [2.24, 2.45) is 0 Å². The van der Waals surface area contributed by atoms with Crippen molar-refractivity contribution in [3.05, 3.63) is 90.0 Å². The van der Waals surface area contributed by atoms with Crippen molar-refractivity contribution in [3.8, 4) is 0 Å². The Hall–Kier alpha value is -3.65. The maximum atomic E-state index is 13.4. The number of rotatable bonds is 9. The smallest absolute Gasteiger partial charge is 0.264 e. The number of hydrogen-bond acceptors (Lipinski definition) is 4. The third-order valence-electron chi connectivity index (χ3n) is 5.38. The lowest BCUT2D eigenvalue weighted by Crippen LogP contribution is -2.38. The van der Waals surface area contributed by atoms with Gasteiger partial charge in [0.2, 0.25) is 5.91 Å². The first-order valence-electron chi connectivity index (χ1n) is 11.1. The lowest BCUT2D eigenvalue weighted by Gasteiger charge is -2.24. The highest BCUT2D eigenvalue weighted by molar-refractivity contribution is 7.92. The number of carbonyl (C=O) groups excluding carboxylic acids is 2. The number of para-hydroxylation sites is 2. The van der Waals surface area contributed by atoms with E-state index in [4.69, 9.17) is 0 Å². The molecule has 8 heteroatoms. The highest BCUT2D eigenvalue weighted by Crippen LogP contribution is 2.24. The lowest BCUT2D eigenvalue weighted by atomic mass is 10.1. The summed E-state index contributed by atoms with van der Waals surface area (Å²) in [6.45, 7) is 5.27. The van der Waals surface area contributed by atoms with E-state index >= 15 is 0 Å². The van der Waals surface area contributed by atoms with Gasteiger partial charge in [0.25, 0.3) is 15.9 Å². The van der Waals surface area contributed by atoms with Crippen LogP contribution in [0.15, 0.2) is 83.8 Å². The van der Waals surface area contributed by atoms with Crippen LogP contribution in [-0.4, -0.2) is 32.8 Å². The summed E-state index contributed by atoms with van der Waals surface area (Å²) in [7, 11) is -4.01. The molecule has 0 aliphatic carbocycles. The quantitative estimate of drug-likeness (QED) is 0.477. The molecule has 34 heavy (non-hydrogen) atoms. The Balaban J connectivity index is 1.88. The van der Waals surface area contributed by atoms with E-state index in [2.05, 4.69) is 10.6 Å². The summed E-state index contributed by atoms with van der Waals surface area (Å²) in [6.07, 6.45) is 0.767. The molecule has 2 amide bonds. The van der Waals surface area contributed by atoms with Crippen molar-refractivity contribution in [3.63, 3.8) is 0 Å². The molecule has 0 unspecified atom stereocenters. The average molecular weight is 480 g/mol. The second-order valence-corrected chi connectivity index (χ2v) is 9.90. The summed E-state index contributed by atoms with van der Waals surface area (Å²) in [5, 5.41) is 5.59. The van der Waals surface area contributed by atoms with Gasteiger partial charge in [-0.05, 0) is 56.7 Å². The van der Waals surface area contributed by atoms with E-state index in [1.165, 1.54) is 12.1 Å². The Bertz CT molecular complexity index is 1240. The Morgan fingerprint density at radius 2 is 1.53 bits per heavy atom. The van der Waals surface area contributed by atoms with Gasteiger partial charge in [0.15, 0.2) is 0 Å². The van der Waals surface area contributed by atoms with Crippen LogP contribution < -0.4 is 14.9 Å². The first kappa shape index (κ1) is 25.0. The largest absolute Gasteiger partial charge is 0.350 e. The third-order valence-corrected chi connectivity index (χ3v) is 7.16. The van der Waals surface area contributed by atoms with Crippen LogP contribution in [0.1, 0.15) is 36.2 Å². The van der Waals surface area contributed by atoms with Crippen molar-refractivity contribution < 1.29 is 18.0 Å². The van der Waals surface area contributed by atoms with Crippen LogP contribution >= 0.6 is 0 Å². The fourth-order valence-electron chi connectivity index (χ4n) is 3.26. The molecule has 3 rings (SSSR count). The minimum Gasteiger partial charge on any atom is -0.350 e. The van der Waals surface area contributed by atoms with Crippen molar-refractivity contribution in [1.29, 1.82) is 0 Å². The predicted octanol–water partition coefficient (Wildman–Crippen LogP) is 4.36. The molecule has 0 fully saturated rings. The van der Waals surface area contributed by atoms with Gasteiger partial charge in [-0.15, -0.1) is 0 Å². The topological polar surface area (TPSA) is 95.6 Å². The lowest BCUT2D eigenvalue weighted by molar-refractivity contribution is -0.114. The van der Waals surface area contributed by atoms with Gasteiger partial charge < -0.3 is 10.6 Å². The average Bonchev–Trinajstić information content (AvgIpc) is 2.83. The molecular formula is C26H29N3O4S. The van der Waals surface area contributed by atoms with Gasteiger partial charge >= 0.3 is 0 Å². The Morgan fingerprint density at radius 1 is 0.912 bits per heavy atom. The minimum atomic E-state index is -4.01. The third kappa shape index (κ3) is 6.02. The second-order valence-electron chi connectivity index (χ2n) is 8.04. The molecular weight excluding hydrogens is 450 g/mol. The molecule has 0 spiro atoms. The highest BCUT2D eigenvalue weighted by atomic mass is 32.2. The van der Waals surface area contributed by atoms with Crippen LogP contribution in [0.4, 0.5) is 11.4 Å². The van der Waals surface area contributed by atoms with Crippen LogP contribution in [0.25, 0.3) is 0 Å². The summed E-state index contributed by atoms with van der Waals surface area (Å²) in [5.41, 5.74) is 1.91. The Morgan fingerprint density at radius 3 is 2.18 bits per heavy atom. The summed E-state index contributed by atoms with van der Waals surface area (Å²) in [6, 6.07) is 21.5. The molecule has 0 bridgehead atoms. The number of hydrogen-bond donors (Lipinski definition) is 2. The van der Waals surface area contributed by atoms with Crippen molar-refractivity contribution in [2.45, 2.75) is 38.1 Å². The predicted molar refractivity (Wildman–Crippen MR) is 134 cm³/mol. The molecule has 2 N–H and O–H groups in total. The van der Waals surface area contributed by atoms with Crippen LogP contribution in [0.5, 0.6) is 0 Å². The number of nitrogens with zero attached hydrogens (tertiary/aromatic N) is 1. The molecule has 0 saturated carbocycles. The molecule has 0 aromatic heterocycles. The summed E-state index contributed by atoms with van der Waals surface area (Å²) in [4.78, 5) is 25.8. The molecule has 0 heterocycles. The van der Waals surface area contributed by atoms with E-state index in [0.29, 0.717) is 16.9 Å². The number of aryl methyl sites for hydroxylation is 1. The standard InChI is InChI=1S/C26H29N3O4S/c1-4-20(3)27-26(31)23-12-8-9-13-24(23)28-25(30)18-29(21-10-6-5-7-11-21)34(32,33)22-16-14-19(2)15-17-22/h5-17,20H,4,18H2,1-3H3,(H,27,31)(H,28,30)/t20-/m1/s1. The van der Waals surface area contributed by atoms with Crippen LogP contribution in [0.2, 0.25) is 0 Å². The fourth-order valence-corrected chi connectivity index (χ4v) is 4.68. The molecule has 1 atom stereocenters. The van der Waals surface area contributed by atoms with E-state index in [1.54, 1.807) is 66.7 Å². The number of amides is 2. The SMILES string of the molecule is CC[C@@H](C)NC(=O)c1ccccc1NC(=O)CN(c1ccccc1)S(=O)(=O)c1ccc(C)cc1. The molecule has 0 aliphatic rings. The number of nitrogens with one attached hydrogen (secondary N) is 2. The molecule has 0 saturated heterocycles. The van der Waals surface area contributed by atoms with Crippen LogP contribution in [-0.2, 0) is 14.8 Å². The van der Waals surface area contributed by atoms with Crippen LogP contribution in [0.3, 0.4) is 0 Å². The van der Waals surface area contributed by atoms with Crippen molar-refractivity contribution >= 4 is 33.2 Å². The highest BCUT2D eigenvalue weighted by Gasteiger charge is 2.27. The van der Waals surface area contributed by atoms with Gasteiger partial charge in [-0.3, -0.25) is 13.9 Å². The Kier molecular flexibility index (Phi) is 8.07. The second kappa shape index (κ2) is 11.0. The monoisotopic (exact) mass is 479 g/mol.